The van der Waals surface area contributed by atoms with Crippen LogP contribution >= 0.6 is 23.2 Å². The molecular weight excluding hydrogens is 295 g/mol. The largest absolute Gasteiger partial charge is 0.381 e. The Morgan fingerprint density at radius 1 is 1.35 bits per heavy atom. The first-order valence-electron chi connectivity index (χ1n) is 6.90. The fourth-order valence-corrected chi connectivity index (χ4v) is 3.26. The van der Waals surface area contributed by atoms with Crippen LogP contribution in [-0.4, -0.2) is 22.8 Å². The Hall–Kier alpha value is -0.770. The second kappa shape index (κ2) is 5.55. The van der Waals surface area contributed by atoms with Crippen molar-refractivity contribution in [3.8, 4) is 0 Å². The van der Waals surface area contributed by atoms with E-state index in [1.165, 1.54) is 0 Å². The molecule has 0 atom stereocenters. The van der Waals surface area contributed by atoms with Gasteiger partial charge in [0.1, 0.15) is 11.3 Å². The number of aromatic nitrogens is 2. The van der Waals surface area contributed by atoms with E-state index in [2.05, 4.69) is 22.5 Å². The number of rotatable bonds is 3. The van der Waals surface area contributed by atoms with Crippen molar-refractivity contribution in [1.29, 1.82) is 0 Å². The lowest BCUT2D eigenvalue weighted by Gasteiger charge is -2.34. The molecule has 1 fully saturated rings. The van der Waals surface area contributed by atoms with Crippen LogP contribution in [0.15, 0.2) is 18.2 Å². The molecule has 2 heterocycles. The summed E-state index contributed by atoms with van der Waals surface area (Å²) in [6.45, 7) is 4.89. The van der Waals surface area contributed by atoms with Crippen LogP contribution in [0.3, 0.4) is 0 Å². The summed E-state index contributed by atoms with van der Waals surface area (Å²) in [5.41, 5.74) is 2.15. The van der Waals surface area contributed by atoms with Crippen molar-refractivity contribution in [2.75, 3.05) is 13.2 Å². The Labute approximate surface area is 128 Å². The standard InChI is InChI=1S/C15H18Cl2N2O/c1-15(5-7-20-8-6-15)10-19-12-4-2-3-11(17)14(12)18-13(19)9-16/h2-4H,5-10H2,1H3. The summed E-state index contributed by atoms with van der Waals surface area (Å²) in [6, 6.07) is 5.90. The number of alkyl halides is 1. The highest BCUT2D eigenvalue weighted by molar-refractivity contribution is 6.35. The third kappa shape index (κ3) is 2.54. The van der Waals surface area contributed by atoms with Gasteiger partial charge in [0.15, 0.2) is 0 Å². The maximum atomic E-state index is 6.24. The average molecular weight is 313 g/mol. The smallest absolute Gasteiger partial charge is 0.124 e. The first-order valence-corrected chi connectivity index (χ1v) is 7.81. The van der Waals surface area contributed by atoms with Crippen molar-refractivity contribution in [3.63, 3.8) is 0 Å². The maximum absolute atomic E-state index is 6.24. The molecule has 5 heteroatoms. The summed E-state index contributed by atoms with van der Waals surface area (Å²) in [5.74, 6) is 1.29. The molecule has 3 nitrogen and oxygen atoms in total. The predicted octanol–water partition coefficient (Wildman–Crippen LogP) is 4.25. The summed E-state index contributed by atoms with van der Waals surface area (Å²) in [5, 5.41) is 0.685. The summed E-state index contributed by atoms with van der Waals surface area (Å²) in [6.07, 6.45) is 2.13. The molecule has 0 unspecified atom stereocenters. The highest BCUT2D eigenvalue weighted by atomic mass is 35.5. The van der Waals surface area contributed by atoms with Gasteiger partial charge >= 0.3 is 0 Å². The van der Waals surface area contributed by atoms with Gasteiger partial charge in [-0.25, -0.2) is 4.98 Å². The van der Waals surface area contributed by atoms with E-state index in [-0.39, 0.29) is 5.41 Å². The van der Waals surface area contributed by atoms with Gasteiger partial charge in [-0.3, -0.25) is 0 Å². The molecule has 1 aromatic carbocycles. The van der Waals surface area contributed by atoms with Crippen molar-refractivity contribution in [1.82, 2.24) is 9.55 Å². The molecule has 1 saturated heterocycles. The highest BCUT2D eigenvalue weighted by Crippen LogP contribution is 2.34. The fraction of sp³-hybridized carbons (Fsp3) is 0.533. The molecule has 0 saturated carbocycles. The maximum Gasteiger partial charge on any atom is 0.124 e. The van der Waals surface area contributed by atoms with Crippen LogP contribution in [0.5, 0.6) is 0 Å². The first kappa shape index (κ1) is 14.2. The summed E-state index contributed by atoms with van der Waals surface area (Å²) < 4.78 is 7.70. The number of benzene rings is 1. The molecule has 1 aliphatic rings. The molecule has 1 aliphatic heterocycles. The van der Waals surface area contributed by atoms with Crippen LogP contribution in [-0.2, 0) is 17.2 Å². The SMILES string of the molecule is CC1(Cn2c(CCl)nc3c(Cl)cccc32)CCOCC1. The lowest BCUT2D eigenvalue weighted by molar-refractivity contribution is 0.0157. The predicted molar refractivity (Wildman–Crippen MR) is 82.5 cm³/mol. The van der Waals surface area contributed by atoms with Crippen molar-refractivity contribution in [2.24, 2.45) is 5.41 Å². The van der Waals surface area contributed by atoms with E-state index in [9.17, 15) is 0 Å². The Balaban J connectivity index is 2.03. The monoisotopic (exact) mass is 312 g/mol. The van der Waals surface area contributed by atoms with E-state index in [1.54, 1.807) is 0 Å². The molecule has 1 aromatic heterocycles. The minimum Gasteiger partial charge on any atom is -0.381 e. The number of hydrogen-bond donors (Lipinski definition) is 0. The average Bonchev–Trinajstić information content (AvgIpc) is 2.79. The van der Waals surface area contributed by atoms with Crippen LogP contribution < -0.4 is 0 Å². The molecular formula is C15H18Cl2N2O. The summed E-state index contributed by atoms with van der Waals surface area (Å²) in [7, 11) is 0. The zero-order valence-electron chi connectivity index (χ0n) is 11.5. The van der Waals surface area contributed by atoms with Crippen LogP contribution in [0.2, 0.25) is 5.02 Å². The van der Waals surface area contributed by atoms with Crippen LogP contribution in [0.4, 0.5) is 0 Å². The van der Waals surface area contributed by atoms with Crippen LogP contribution in [0, 0.1) is 5.41 Å². The number of hydrogen-bond acceptors (Lipinski definition) is 2. The van der Waals surface area contributed by atoms with Gasteiger partial charge in [0, 0.05) is 19.8 Å². The second-order valence-electron chi connectivity index (χ2n) is 5.78. The molecule has 0 aliphatic carbocycles. The van der Waals surface area contributed by atoms with Gasteiger partial charge in [0.05, 0.1) is 16.4 Å². The van der Waals surface area contributed by atoms with Gasteiger partial charge in [-0.1, -0.05) is 24.6 Å². The number of ether oxygens (including phenoxy) is 1. The van der Waals surface area contributed by atoms with Gasteiger partial charge in [0.2, 0.25) is 0 Å². The van der Waals surface area contributed by atoms with E-state index >= 15 is 0 Å². The first-order chi connectivity index (χ1) is 9.63. The second-order valence-corrected chi connectivity index (χ2v) is 6.45. The zero-order chi connectivity index (χ0) is 14.2. The Kier molecular flexibility index (Phi) is 3.93. The number of halogens is 2. The third-order valence-electron chi connectivity index (χ3n) is 4.17. The van der Waals surface area contributed by atoms with Gasteiger partial charge < -0.3 is 9.30 Å². The van der Waals surface area contributed by atoms with E-state index < -0.39 is 0 Å². The zero-order valence-corrected chi connectivity index (χ0v) is 13.0. The number of imidazole rings is 1. The summed E-state index contributed by atoms with van der Waals surface area (Å²) in [4.78, 5) is 4.60. The van der Waals surface area contributed by atoms with Gasteiger partial charge in [-0.2, -0.15) is 0 Å². The number of fused-ring (bicyclic) bond motifs is 1. The normalized spacial score (nSPS) is 18.6. The lowest BCUT2D eigenvalue weighted by Crippen LogP contribution is -2.31. The Morgan fingerprint density at radius 2 is 2.10 bits per heavy atom. The van der Waals surface area contributed by atoms with E-state index in [4.69, 9.17) is 27.9 Å². The van der Waals surface area contributed by atoms with Crippen LogP contribution in [0.25, 0.3) is 11.0 Å². The van der Waals surface area contributed by atoms with Gasteiger partial charge in [-0.05, 0) is 30.4 Å². The molecule has 0 amide bonds. The quantitative estimate of drug-likeness (QED) is 0.792. The van der Waals surface area contributed by atoms with Gasteiger partial charge in [-0.15, -0.1) is 11.6 Å². The van der Waals surface area contributed by atoms with Crippen molar-refractivity contribution >= 4 is 34.2 Å². The number of para-hydroxylation sites is 1. The topological polar surface area (TPSA) is 27.1 Å². The third-order valence-corrected chi connectivity index (χ3v) is 4.71. The Bertz CT molecular complexity index is 618. The van der Waals surface area contributed by atoms with E-state index in [0.29, 0.717) is 10.9 Å². The number of nitrogens with zero attached hydrogens (tertiary/aromatic N) is 2. The van der Waals surface area contributed by atoms with Crippen molar-refractivity contribution in [3.05, 3.63) is 29.0 Å². The van der Waals surface area contributed by atoms with Crippen molar-refractivity contribution in [2.45, 2.75) is 32.2 Å². The fourth-order valence-electron chi connectivity index (χ4n) is 2.84. The van der Waals surface area contributed by atoms with Gasteiger partial charge in [0.25, 0.3) is 0 Å². The molecule has 20 heavy (non-hydrogen) atoms. The molecule has 0 bridgehead atoms. The molecule has 2 aromatic rings. The molecule has 3 rings (SSSR count). The Morgan fingerprint density at radius 3 is 2.80 bits per heavy atom. The molecule has 0 radical (unpaired) electrons. The highest BCUT2D eigenvalue weighted by Gasteiger charge is 2.29. The van der Waals surface area contributed by atoms with Crippen LogP contribution in [0.1, 0.15) is 25.6 Å². The van der Waals surface area contributed by atoms with Crippen molar-refractivity contribution < 1.29 is 4.74 Å². The minimum atomic E-state index is 0.231. The molecule has 0 spiro atoms. The van der Waals surface area contributed by atoms with E-state index in [1.807, 2.05) is 12.1 Å². The molecule has 0 N–H and O–H groups in total. The molecule has 108 valence electrons. The van der Waals surface area contributed by atoms with E-state index in [0.717, 1.165) is 49.5 Å². The summed E-state index contributed by atoms with van der Waals surface area (Å²) >= 11 is 12.3. The lowest BCUT2D eigenvalue weighted by atomic mass is 9.82. The minimum absolute atomic E-state index is 0.231.